The topological polar surface area (TPSA) is 208 Å². The van der Waals surface area contributed by atoms with Crippen molar-refractivity contribution < 1.29 is 23.9 Å². The zero-order chi connectivity index (χ0) is 49.8. The summed E-state index contributed by atoms with van der Waals surface area (Å²) in [6, 6.07) is 25.0. The van der Waals surface area contributed by atoms with Gasteiger partial charge in [0.05, 0.1) is 41.4 Å². The largest absolute Gasteiger partial charge is 0.421 e. The van der Waals surface area contributed by atoms with E-state index in [4.69, 9.17) is 15.5 Å². The zero-order valence-corrected chi connectivity index (χ0v) is 43.8. The third kappa shape index (κ3) is 9.40. The molecule has 18 heteroatoms. The summed E-state index contributed by atoms with van der Waals surface area (Å²) in [6.45, 7) is 6.31. The number of amides is 3. The van der Waals surface area contributed by atoms with Gasteiger partial charge in [0.1, 0.15) is 17.7 Å². The second-order valence-electron chi connectivity index (χ2n) is 21.8. The van der Waals surface area contributed by atoms with Crippen molar-refractivity contribution in [1.82, 2.24) is 34.2 Å². The van der Waals surface area contributed by atoms with Gasteiger partial charge >= 0.3 is 5.97 Å². The SMILES string of the molecule is CC(C)(C)C(=O)OC(N(C(=O)c1ccccc1)[C@@H]1CCCC[C@@H]1C(=O)N1CC[C@@H]2[C@H](c3ncc[nH]3)Nc3ccccc3[C@@H]21)n1cc(C#N)nc1[C@@H]1Nc2ccccc2[C@H]2[C@@H]1CCN2C(=O)[C@H]1CCCC[C@H]1N.Cl.Cl. The van der Waals surface area contributed by atoms with Crippen molar-refractivity contribution in [2.24, 2.45) is 34.8 Å². The molecule has 2 saturated heterocycles. The maximum Gasteiger partial charge on any atom is 0.314 e. The molecule has 3 amide bonds. The van der Waals surface area contributed by atoms with Crippen LogP contribution in [0.5, 0.6) is 0 Å². The van der Waals surface area contributed by atoms with Gasteiger partial charge in [0.2, 0.25) is 11.8 Å². The zero-order valence-electron chi connectivity index (χ0n) is 42.1. The van der Waals surface area contributed by atoms with Crippen molar-refractivity contribution >= 4 is 59.9 Å². The number of nitrogens with one attached hydrogen (secondary N) is 3. The molecule has 1 unspecified atom stereocenters. The summed E-state index contributed by atoms with van der Waals surface area (Å²) in [5.74, 6) is -0.940. The van der Waals surface area contributed by atoms with Crippen LogP contribution in [-0.2, 0) is 19.1 Å². The number of likely N-dealkylation sites (tertiary alicyclic amines) is 2. The lowest BCUT2D eigenvalue weighted by Crippen LogP contribution is -2.55. The molecule has 0 bridgehead atoms. The number of rotatable bonds is 9. The molecule has 2 aliphatic carbocycles. The van der Waals surface area contributed by atoms with Gasteiger partial charge in [-0.15, -0.1) is 24.8 Å². The van der Waals surface area contributed by atoms with E-state index in [1.807, 2.05) is 58.5 Å². The number of halogens is 2. The Bertz CT molecular complexity index is 2880. The molecule has 2 saturated carbocycles. The number of hydrogen-bond acceptors (Lipinski definition) is 11. The number of aromatic amines is 1. The van der Waals surface area contributed by atoms with Crippen molar-refractivity contribution in [3.05, 3.63) is 131 Å². The number of ether oxygens (including phenoxy) is 1. The molecule has 2 aromatic heterocycles. The lowest BCUT2D eigenvalue weighted by Gasteiger charge is -2.46. The van der Waals surface area contributed by atoms with Crippen LogP contribution < -0.4 is 16.4 Å². The Morgan fingerprint density at radius 1 is 0.757 bits per heavy atom. The van der Waals surface area contributed by atoms with E-state index in [0.29, 0.717) is 43.7 Å². The van der Waals surface area contributed by atoms with E-state index in [2.05, 4.69) is 38.8 Å². The fraction of sp³-hybridized carbons (Fsp3) is 0.482. The number of carbonyl (C=O) groups is 4. The number of anilines is 2. The summed E-state index contributed by atoms with van der Waals surface area (Å²) >= 11 is 0. The predicted octanol–water partition coefficient (Wildman–Crippen LogP) is 9.40. The van der Waals surface area contributed by atoms with Crippen molar-refractivity contribution in [1.29, 1.82) is 5.26 Å². The molecule has 0 spiro atoms. The third-order valence-electron chi connectivity index (χ3n) is 16.6. The van der Waals surface area contributed by atoms with Crippen molar-refractivity contribution in [2.75, 3.05) is 23.7 Å². The van der Waals surface area contributed by atoms with E-state index < -0.39 is 41.6 Å². The van der Waals surface area contributed by atoms with E-state index in [1.165, 1.54) is 0 Å². The number of imidazole rings is 2. The average molecular weight is 1050 g/mol. The number of H-pyrrole nitrogens is 1. The first-order chi connectivity index (χ1) is 34.9. The Kier molecular flexibility index (Phi) is 15.2. The number of fused-ring (bicyclic) bond motifs is 6. The van der Waals surface area contributed by atoms with Crippen LogP contribution in [-0.4, -0.2) is 83.1 Å². The first-order valence-electron chi connectivity index (χ1n) is 26.1. The fourth-order valence-electron chi connectivity index (χ4n) is 13.1. The minimum atomic E-state index is -1.47. The van der Waals surface area contributed by atoms with Gasteiger partial charge in [-0.05, 0) is 94.7 Å². The highest BCUT2D eigenvalue weighted by molar-refractivity contribution is 5.95. The molecule has 390 valence electrons. The number of carbonyl (C=O) groups excluding carboxylic acids is 4. The Balaban J connectivity index is 0.00000336. The first kappa shape index (κ1) is 52.5. The Labute approximate surface area is 445 Å². The minimum Gasteiger partial charge on any atom is -0.421 e. The highest BCUT2D eigenvalue weighted by Crippen LogP contribution is 2.54. The fourth-order valence-corrected chi connectivity index (χ4v) is 13.1. The summed E-state index contributed by atoms with van der Waals surface area (Å²) in [5.41, 5.74) is 9.87. The molecule has 6 heterocycles. The highest BCUT2D eigenvalue weighted by Gasteiger charge is 2.53. The molecule has 0 radical (unpaired) electrons. The van der Waals surface area contributed by atoms with Crippen LogP contribution in [0.4, 0.5) is 11.4 Å². The van der Waals surface area contributed by atoms with Gasteiger partial charge in [-0.3, -0.25) is 28.6 Å². The summed E-state index contributed by atoms with van der Waals surface area (Å²) in [6.07, 6.45) is 11.0. The Morgan fingerprint density at radius 2 is 1.32 bits per heavy atom. The molecule has 5 aromatic rings. The quantitative estimate of drug-likeness (QED) is 0.0808. The molecule has 4 aliphatic heterocycles. The van der Waals surface area contributed by atoms with E-state index >= 15 is 9.59 Å². The molecule has 11 rings (SSSR count). The van der Waals surface area contributed by atoms with E-state index in [9.17, 15) is 14.9 Å². The van der Waals surface area contributed by atoms with E-state index in [-0.39, 0.29) is 84.2 Å². The molecular weight excluding hydrogens is 978 g/mol. The van der Waals surface area contributed by atoms with E-state index in [1.54, 1.807) is 66.9 Å². The van der Waals surface area contributed by atoms with Crippen molar-refractivity contribution in [3.8, 4) is 6.07 Å². The van der Waals surface area contributed by atoms with Gasteiger partial charge < -0.3 is 35.9 Å². The maximum absolute atomic E-state index is 15.8. The van der Waals surface area contributed by atoms with Crippen LogP contribution in [0.15, 0.2) is 97.5 Å². The lowest BCUT2D eigenvalue weighted by molar-refractivity contribution is -0.182. The molecule has 11 atom stereocenters. The first-order valence-corrected chi connectivity index (χ1v) is 26.1. The highest BCUT2D eigenvalue weighted by atomic mass is 35.5. The number of hydrogen-bond donors (Lipinski definition) is 4. The van der Waals surface area contributed by atoms with Crippen molar-refractivity contribution in [2.45, 2.75) is 128 Å². The number of benzene rings is 3. The monoisotopic (exact) mass is 1040 g/mol. The summed E-state index contributed by atoms with van der Waals surface area (Å²) in [5, 5.41) is 18.2. The molecule has 6 aliphatic rings. The maximum atomic E-state index is 15.8. The normalized spacial score (nSPS) is 27.2. The van der Waals surface area contributed by atoms with E-state index in [0.717, 1.165) is 73.3 Å². The molecule has 3 aromatic carbocycles. The number of nitrogens with zero attached hydrogens (tertiary/aromatic N) is 7. The third-order valence-corrected chi connectivity index (χ3v) is 16.6. The predicted molar refractivity (Wildman–Crippen MR) is 284 cm³/mol. The van der Waals surface area contributed by atoms with Crippen molar-refractivity contribution in [3.63, 3.8) is 0 Å². The minimum absolute atomic E-state index is 0. The average Bonchev–Trinajstić information content (AvgIpc) is 4.25. The van der Waals surface area contributed by atoms with Crippen LogP contribution in [0.1, 0.15) is 154 Å². The number of esters is 1. The number of para-hydroxylation sites is 2. The summed E-state index contributed by atoms with van der Waals surface area (Å²) in [4.78, 5) is 79.5. The van der Waals surface area contributed by atoms with Crippen LogP contribution in [0.2, 0.25) is 0 Å². The Hall–Kier alpha value is -6.41. The van der Waals surface area contributed by atoms with Gasteiger partial charge in [0, 0.05) is 72.5 Å². The van der Waals surface area contributed by atoms with Gasteiger partial charge in [-0.1, -0.05) is 80.3 Å². The number of nitrogens with two attached hydrogens (primary N) is 1. The molecule has 16 nitrogen and oxygen atoms in total. The Morgan fingerprint density at radius 3 is 1.93 bits per heavy atom. The van der Waals surface area contributed by atoms with Gasteiger partial charge in [-0.2, -0.15) is 5.26 Å². The molecule has 74 heavy (non-hydrogen) atoms. The second-order valence-corrected chi connectivity index (χ2v) is 21.8. The van der Waals surface area contributed by atoms with Crippen LogP contribution in [0.25, 0.3) is 0 Å². The smallest absolute Gasteiger partial charge is 0.314 e. The van der Waals surface area contributed by atoms with Gasteiger partial charge in [-0.25, -0.2) is 9.97 Å². The van der Waals surface area contributed by atoms with Gasteiger partial charge in [0.15, 0.2) is 5.69 Å². The summed E-state index contributed by atoms with van der Waals surface area (Å²) in [7, 11) is 0. The number of nitriles is 1. The molecule has 4 fully saturated rings. The lowest BCUT2D eigenvalue weighted by atomic mass is 9.80. The molecular formula is C56H67Cl2N11O5. The van der Waals surface area contributed by atoms with Crippen LogP contribution >= 0.6 is 24.8 Å². The molecule has 5 N–H and O–H groups in total. The standard InChI is InChI=1S/C56H65N11O5.2ClH/c1-56(2,3)54(71)72-55(66-32-34(31-57)61-50(66)46-40-26-30-64(52(69)35-17-7-11-21-41(35)58)48(40)37-19-9-13-23-43(37)63-46)67(51(68)33-15-5-4-6-16-33)44-24-14-10-20-38(44)53(70)65-29-25-39-45(49-59-27-28-60-49)62-42-22-12-8-18-36(42)47(39)65;;/h4-6,8-9,12-13,15-16,18-19,22-23,27-28,32,35,38-41,44-48,55,62-63H,7,10-11,14,17,20-21,24-26,29-30,58H2,1-3H3,(H,59,60);2*1H/t35-,38-,39+,40+,41+,44+,45+,46+,47-,48-,55?;;/m0../s1. The van der Waals surface area contributed by atoms with Crippen LogP contribution in [0, 0.1) is 40.4 Å². The van der Waals surface area contributed by atoms with Gasteiger partial charge in [0.25, 0.3) is 12.3 Å². The second kappa shape index (κ2) is 21.4. The number of aromatic nitrogens is 4. The van der Waals surface area contributed by atoms with Crippen LogP contribution in [0.3, 0.4) is 0 Å². The summed E-state index contributed by atoms with van der Waals surface area (Å²) < 4.78 is 8.44.